The van der Waals surface area contributed by atoms with Crippen LogP contribution in [0.5, 0.6) is 0 Å². The molecular weight excluding hydrogens is 352 g/mol. The van der Waals surface area contributed by atoms with Gasteiger partial charge in [0.1, 0.15) is 11.6 Å². The van der Waals surface area contributed by atoms with Gasteiger partial charge < -0.3 is 15.5 Å². The van der Waals surface area contributed by atoms with Gasteiger partial charge >= 0.3 is 0 Å². The summed E-state index contributed by atoms with van der Waals surface area (Å²) in [4.78, 5) is 25.6. The number of amides is 2. The van der Waals surface area contributed by atoms with Crippen LogP contribution < -0.4 is 10.6 Å². The molecule has 1 saturated heterocycles. The van der Waals surface area contributed by atoms with Gasteiger partial charge in [-0.05, 0) is 32.0 Å². The number of likely N-dealkylation sites (tertiary alicyclic amines) is 1. The minimum Gasteiger partial charge on any atom is -0.349 e. The third-order valence-electron chi connectivity index (χ3n) is 4.23. The highest BCUT2D eigenvalue weighted by Crippen LogP contribution is 2.24. The lowest BCUT2D eigenvalue weighted by atomic mass is 10.0. The molecule has 0 radical (unpaired) electrons. The molecule has 8 heteroatoms. The zero-order chi connectivity index (χ0) is 17.7. The van der Waals surface area contributed by atoms with Gasteiger partial charge in [0.05, 0.1) is 12.5 Å². The second-order valence-electron chi connectivity index (χ2n) is 6.18. The molecule has 0 bridgehead atoms. The van der Waals surface area contributed by atoms with Crippen LogP contribution in [0.1, 0.15) is 31.4 Å². The van der Waals surface area contributed by atoms with Crippen LogP contribution in [0.3, 0.4) is 0 Å². The van der Waals surface area contributed by atoms with Crippen LogP contribution >= 0.6 is 12.4 Å². The predicted molar refractivity (Wildman–Crippen MR) is 93.4 cm³/mol. The average molecular weight is 376 g/mol. The second-order valence-corrected chi connectivity index (χ2v) is 6.18. The monoisotopic (exact) mass is 375 g/mol. The van der Waals surface area contributed by atoms with Crippen molar-refractivity contribution in [3.8, 4) is 0 Å². The Morgan fingerprint density at radius 3 is 2.68 bits per heavy atom. The predicted octanol–water partition coefficient (Wildman–Crippen LogP) is 2.02. The molecule has 140 valence electrons. The molecule has 2 unspecified atom stereocenters. The first kappa shape index (κ1) is 21.3. The van der Waals surface area contributed by atoms with Crippen molar-refractivity contribution >= 4 is 24.2 Å². The van der Waals surface area contributed by atoms with Gasteiger partial charge in [0.15, 0.2) is 0 Å². The fourth-order valence-electron chi connectivity index (χ4n) is 3.09. The van der Waals surface area contributed by atoms with Crippen LogP contribution in [0.25, 0.3) is 0 Å². The third kappa shape index (κ3) is 5.93. The first-order valence-electron chi connectivity index (χ1n) is 8.05. The summed E-state index contributed by atoms with van der Waals surface area (Å²) in [5, 5.41) is 5.68. The quantitative estimate of drug-likeness (QED) is 0.799. The summed E-state index contributed by atoms with van der Waals surface area (Å²) in [6.07, 6.45) is 0.872. The first-order chi connectivity index (χ1) is 11.4. The number of nitrogens with zero attached hydrogens (tertiary/aromatic N) is 1. The maximum atomic E-state index is 14.0. The van der Waals surface area contributed by atoms with Gasteiger partial charge in [-0.25, -0.2) is 8.78 Å². The number of hydrogen-bond acceptors (Lipinski definition) is 3. The number of nitrogens with one attached hydrogen (secondary N) is 2. The van der Waals surface area contributed by atoms with Crippen LogP contribution in [-0.4, -0.2) is 43.4 Å². The van der Waals surface area contributed by atoms with E-state index in [1.807, 2.05) is 7.05 Å². The summed E-state index contributed by atoms with van der Waals surface area (Å²) in [7, 11) is 1.87. The Labute approximate surface area is 152 Å². The molecule has 2 N–H and O–H groups in total. The summed E-state index contributed by atoms with van der Waals surface area (Å²) in [5.41, 5.74) is 0.117. The van der Waals surface area contributed by atoms with E-state index in [0.29, 0.717) is 19.0 Å². The minimum absolute atomic E-state index is 0. The maximum absolute atomic E-state index is 14.0. The highest BCUT2D eigenvalue weighted by atomic mass is 35.5. The number of rotatable bonds is 6. The number of halogens is 3. The topological polar surface area (TPSA) is 61.4 Å². The normalized spacial score (nSPS) is 17.8. The first-order valence-corrected chi connectivity index (χ1v) is 8.05. The molecule has 2 atom stereocenters. The summed E-state index contributed by atoms with van der Waals surface area (Å²) >= 11 is 0. The highest BCUT2D eigenvalue weighted by Gasteiger charge is 2.29. The molecule has 0 aromatic heterocycles. The molecule has 1 fully saturated rings. The smallest absolute Gasteiger partial charge is 0.225 e. The van der Waals surface area contributed by atoms with Crippen molar-refractivity contribution < 1.29 is 18.4 Å². The lowest BCUT2D eigenvalue weighted by molar-refractivity contribution is -0.131. The van der Waals surface area contributed by atoms with E-state index >= 15 is 0 Å². The van der Waals surface area contributed by atoms with Crippen LogP contribution in [0.4, 0.5) is 8.78 Å². The van der Waals surface area contributed by atoms with Crippen molar-refractivity contribution in [1.82, 2.24) is 15.5 Å². The van der Waals surface area contributed by atoms with E-state index in [2.05, 4.69) is 10.6 Å². The van der Waals surface area contributed by atoms with Crippen LogP contribution in [-0.2, 0) is 9.59 Å². The summed E-state index contributed by atoms with van der Waals surface area (Å²) in [6, 6.07) is 2.34. The van der Waals surface area contributed by atoms with Gasteiger partial charge in [0.25, 0.3) is 0 Å². The minimum atomic E-state index is -0.807. The molecule has 2 amide bonds. The summed E-state index contributed by atoms with van der Waals surface area (Å²) < 4.78 is 27.1. The largest absolute Gasteiger partial charge is 0.349 e. The van der Waals surface area contributed by atoms with Crippen LogP contribution in [0, 0.1) is 17.6 Å². The highest BCUT2D eigenvalue weighted by molar-refractivity contribution is 5.85. The summed E-state index contributed by atoms with van der Waals surface area (Å²) in [6.45, 7) is 3.45. The van der Waals surface area contributed by atoms with Gasteiger partial charge in [-0.3, -0.25) is 9.59 Å². The van der Waals surface area contributed by atoms with E-state index in [1.165, 1.54) is 13.0 Å². The van der Waals surface area contributed by atoms with Crippen molar-refractivity contribution in [2.75, 3.05) is 26.7 Å². The molecule has 0 aliphatic carbocycles. The van der Waals surface area contributed by atoms with Crippen molar-refractivity contribution in [3.63, 3.8) is 0 Å². The Morgan fingerprint density at radius 2 is 2.08 bits per heavy atom. The molecule has 1 aromatic rings. The van der Waals surface area contributed by atoms with E-state index in [-0.39, 0.29) is 36.2 Å². The molecule has 5 nitrogen and oxygen atoms in total. The van der Waals surface area contributed by atoms with E-state index in [4.69, 9.17) is 0 Å². The Bertz CT molecular complexity index is 616. The second kappa shape index (κ2) is 9.68. The third-order valence-corrected chi connectivity index (χ3v) is 4.23. The molecule has 1 aromatic carbocycles. The van der Waals surface area contributed by atoms with Gasteiger partial charge in [-0.2, -0.15) is 0 Å². The number of hydrogen-bond donors (Lipinski definition) is 2. The SMILES string of the molecule is CNCC1CCN(C(=O)CC(NC(C)=O)c2ccc(F)cc2F)C1.Cl. The van der Waals surface area contributed by atoms with E-state index < -0.39 is 17.7 Å². The molecule has 1 aliphatic heterocycles. The molecule has 0 spiro atoms. The van der Waals surface area contributed by atoms with Gasteiger partial charge in [0.2, 0.25) is 11.8 Å². The zero-order valence-electron chi connectivity index (χ0n) is 14.4. The standard InChI is InChI=1S/C17H23F2N3O2.ClH/c1-11(23)21-16(14-4-3-13(18)7-15(14)19)8-17(24)22-6-5-12(10-22)9-20-2;/h3-4,7,12,16,20H,5-6,8-10H2,1-2H3,(H,21,23);1H. The average Bonchev–Trinajstić information content (AvgIpc) is 2.95. The Kier molecular flexibility index (Phi) is 8.25. The molecule has 2 rings (SSSR count). The fourth-order valence-corrected chi connectivity index (χ4v) is 3.09. The zero-order valence-corrected chi connectivity index (χ0v) is 15.2. The van der Waals surface area contributed by atoms with E-state index in [1.54, 1.807) is 4.90 Å². The number of benzene rings is 1. The molecule has 25 heavy (non-hydrogen) atoms. The number of carbonyl (C=O) groups excluding carboxylic acids is 2. The van der Waals surface area contributed by atoms with Gasteiger partial charge in [-0.1, -0.05) is 6.07 Å². The fraction of sp³-hybridized carbons (Fsp3) is 0.529. The van der Waals surface area contributed by atoms with Crippen molar-refractivity contribution in [1.29, 1.82) is 0 Å². The lowest BCUT2D eigenvalue weighted by Gasteiger charge is -2.23. The van der Waals surface area contributed by atoms with E-state index in [0.717, 1.165) is 25.1 Å². The van der Waals surface area contributed by atoms with Gasteiger partial charge in [-0.15, -0.1) is 12.4 Å². The Balaban J connectivity index is 0.00000312. The van der Waals surface area contributed by atoms with Crippen LogP contribution in [0.15, 0.2) is 18.2 Å². The van der Waals surface area contributed by atoms with E-state index in [9.17, 15) is 18.4 Å². The Hall–Kier alpha value is -1.73. The summed E-state index contributed by atoms with van der Waals surface area (Å²) in [5.74, 6) is -1.57. The molecule has 0 saturated carbocycles. The molecule has 1 heterocycles. The van der Waals surface area contributed by atoms with Crippen LogP contribution in [0.2, 0.25) is 0 Å². The molecular formula is C17H24ClF2N3O2. The number of carbonyl (C=O) groups is 2. The van der Waals surface area contributed by atoms with Crippen molar-refractivity contribution in [2.45, 2.75) is 25.8 Å². The Morgan fingerprint density at radius 1 is 1.36 bits per heavy atom. The van der Waals surface area contributed by atoms with Gasteiger partial charge in [0, 0.05) is 31.6 Å². The maximum Gasteiger partial charge on any atom is 0.225 e. The molecule has 1 aliphatic rings. The van der Waals surface area contributed by atoms with Crippen molar-refractivity contribution in [2.24, 2.45) is 5.92 Å². The lowest BCUT2D eigenvalue weighted by Crippen LogP contribution is -2.35. The van der Waals surface area contributed by atoms with Crippen molar-refractivity contribution in [3.05, 3.63) is 35.4 Å².